The van der Waals surface area contributed by atoms with E-state index in [1.165, 1.54) is 11.1 Å². The summed E-state index contributed by atoms with van der Waals surface area (Å²) in [4.78, 5) is 12.6. The van der Waals surface area contributed by atoms with Gasteiger partial charge in [-0.2, -0.15) is 0 Å². The van der Waals surface area contributed by atoms with E-state index in [2.05, 4.69) is 41.0 Å². The van der Waals surface area contributed by atoms with Crippen molar-refractivity contribution in [2.24, 2.45) is 5.92 Å². The van der Waals surface area contributed by atoms with Crippen LogP contribution in [-0.4, -0.2) is 18.6 Å². The maximum Gasteiger partial charge on any atom is 0.251 e. The van der Waals surface area contributed by atoms with Crippen LogP contribution in [0.15, 0.2) is 54.6 Å². The smallest absolute Gasteiger partial charge is 0.251 e. The highest BCUT2D eigenvalue weighted by Crippen LogP contribution is 2.50. The van der Waals surface area contributed by atoms with Gasteiger partial charge < -0.3 is 15.4 Å². The number of amides is 1. The molecule has 2 N–H and O–H groups in total. The molecule has 4 rings (SSSR count). The van der Waals surface area contributed by atoms with Gasteiger partial charge in [0.2, 0.25) is 0 Å². The number of carbonyl (C=O) groups excluding carboxylic acids is 1. The number of hydrogen-bond donors (Lipinski definition) is 2. The number of nitrogens with one attached hydrogen (secondary N) is 2. The fourth-order valence-corrected chi connectivity index (χ4v) is 4.29. The van der Waals surface area contributed by atoms with Gasteiger partial charge in [0, 0.05) is 22.7 Å². The maximum absolute atomic E-state index is 12.6. The molecule has 3 unspecified atom stereocenters. The third-order valence-electron chi connectivity index (χ3n) is 5.59. The SMILES string of the molecule is COc1ccc(C2Nc3ccc(C(=O)NC(C)(C)C)cc3C3C=CCC32)cc1. The Kier molecular flexibility index (Phi) is 4.66. The molecule has 2 aliphatic rings. The number of carbonyl (C=O) groups is 1. The molecule has 1 aliphatic heterocycles. The lowest BCUT2D eigenvalue weighted by Crippen LogP contribution is -2.40. The molecule has 146 valence electrons. The van der Waals surface area contributed by atoms with Crippen molar-refractivity contribution in [3.63, 3.8) is 0 Å². The van der Waals surface area contributed by atoms with Gasteiger partial charge >= 0.3 is 0 Å². The van der Waals surface area contributed by atoms with Gasteiger partial charge in [-0.25, -0.2) is 0 Å². The number of rotatable bonds is 3. The molecular formula is C24H28N2O2. The second kappa shape index (κ2) is 7.01. The average molecular weight is 377 g/mol. The zero-order chi connectivity index (χ0) is 19.9. The number of anilines is 1. The number of allylic oxidation sites excluding steroid dienone is 2. The fourth-order valence-electron chi connectivity index (χ4n) is 4.29. The summed E-state index contributed by atoms with van der Waals surface area (Å²) < 4.78 is 5.30. The highest BCUT2D eigenvalue weighted by molar-refractivity contribution is 5.95. The highest BCUT2D eigenvalue weighted by Gasteiger charge is 2.38. The first kappa shape index (κ1) is 18.6. The minimum atomic E-state index is -0.250. The Morgan fingerprint density at radius 3 is 2.57 bits per heavy atom. The molecule has 3 atom stereocenters. The Hall–Kier alpha value is -2.75. The normalized spacial score (nSPS) is 22.8. The van der Waals surface area contributed by atoms with Crippen molar-refractivity contribution >= 4 is 11.6 Å². The monoisotopic (exact) mass is 376 g/mol. The Morgan fingerprint density at radius 1 is 1.14 bits per heavy atom. The Labute approximate surface area is 167 Å². The predicted molar refractivity (Wildman–Crippen MR) is 113 cm³/mol. The van der Waals surface area contributed by atoms with Crippen molar-refractivity contribution in [1.29, 1.82) is 0 Å². The molecule has 1 amide bonds. The summed E-state index contributed by atoms with van der Waals surface area (Å²) in [6.07, 6.45) is 5.60. The lowest BCUT2D eigenvalue weighted by molar-refractivity contribution is 0.0919. The van der Waals surface area contributed by atoms with Gasteiger partial charge in [-0.3, -0.25) is 4.79 Å². The second-order valence-electron chi connectivity index (χ2n) is 8.75. The van der Waals surface area contributed by atoms with Crippen molar-refractivity contribution in [2.75, 3.05) is 12.4 Å². The topological polar surface area (TPSA) is 50.4 Å². The summed E-state index contributed by atoms with van der Waals surface area (Å²) in [5, 5.41) is 6.78. The van der Waals surface area contributed by atoms with Gasteiger partial charge in [0.25, 0.3) is 5.91 Å². The lowest BCUT2D eigenvalue weighted by Gasteiger charge is -2.37. The first-order valence-electron chi connectivity index (χ1n) is 9.89. The molecule has 0 radical (unpaired) electrons. The largest absolute Gasteiger partial charge is 0.497 e. The predicted octanol–water partition coefficient (Wildman–Crippen LogP) is 5.05. The Balaban J connectivity index is 1.65. The van der Waals surface area contributed by atoms with Crippen LogP contribution in [0.2, 0.25) is 0 Å². The standard InChI is InChI=1S/C24H28N2O2/c1-24(2,3)26-23(27)16-10-13-21-20(14-16)18-6-5-7-19(18)22(25-21)15-8-11-17(28-4)12-9-15/h5-6,8-14,18-19,22,25H,7H2,1-4H3,(H,26,27). The van der Waals surface area contributed by atoms with Crippen molar-refractivity contribution < 1.29 is 9.53 Å². The number of methoxy groups -OCH3 is 1. The molecule has 4 heteroatoms. The molecule has 4 nitrogen and oxygen atoms in total. The van der Waals surface area contributed by atoms with Crippen molar-refractivity contribution in [3.8, 4) is 5.75 Å². The molecule has 1 heterocycles. The highest BCUT2D eigenvalue weighted by atomic mass is 16.5. The van der Waals surface area contributed by atoms with Gasteiger partial charge in [-0.05, 0) is 74.6 Å². The third kappa shape index (κ3) is 3.51. The molecular weight excluding hydrogens is 348 g/mol. The van der Waals surface area contributed by atoms with Crippen LogP contribution in [0.3, 0.4) is 0 Å². The number of benzene rings is 2. The summed E-state index contributed by atoms with van der Waals surface area (Å²) in [6.45, 7) is 6.00. The molecule has 0 saturated carbocycles. The maximum atomic E-state index is 12.6. The molecule has 2 aromatic rings. The number of ether oxygens (including phenoxy) is 1. The molecule has 0 bridgehead atoms. The van der Waals surface area contributed by atoms with Gasteiger partial charge in [0.15, 0.2) is 0 Å². The summed E-state index contributed by atoms with van der Waals surface area (Å²) in [5.74, 6) is 1.62. The summed E-state index contributed by atoms with van der Waals surface area (Å²) >= 11 is 0. The Morgan fingerprint density at radius 2 is 1.89 bits per heavy atom. The first-order chi connectivity index (χ1) is 13.4. The van der Waals surface area contributed by atoms with E-state index in [9.17, 15) is 4.79 Å². The quantitative estimate of drug-likeness (QED) is 0.737. The van der Waals surface area contributed by atoms with E-state index in [4.69, 9.17) is 4.74 Å². The third-order valence-corrected chi connectivity index (χ3v) is 5.59. The van der Waals surface area contributed by atoms with Crippen molar-refractivity contribution in [2.45, 2.75) is 44.7 Å². The van der Waals surface area contributed by atoms with Crippen LogP contribution in [0.25, 0.3) is 0 Å². The number of fused-ring (bicyclic) bond motifs is 3. The molecule has 2 aromatic carbocycles. The minimum Gasteiger partial charge on any atom is -0.497 e. The minimum absolute atomic E-state index is 0.0221. The van der Waals surface area contributed by atoms with Crippen molar-refractivity contribution in [1.82, 2.24) is 5.32 Å². The molecule has 0 saturated heterocycles. The van der Waals surface area contributed by atoms with E-state index >= 15 is 0 Å². The average Bonchev–Trinajstić information content (AvgIpc) is 3.16. The second-order valence-corrected chi connectivity index (χ2v) is 8.75. The van der Waals surface area contributed by atoms with E-state index in [1.54, 1.807) is 7.11 Å². The van der Waals surface area contributed by atoms with Crippen molar-refractivity contribution in [3.05, 3.63) is 71.3 Å². The van der Waals surface area contributed by atoms with Gasteiger partial charge in [-0.15, -0.1) is 0 Å². The van der Waals surface area contributed by atoms with E-state index < -0.39 is 0 Å². The van der Waals surface area contributed by atoms with Crippen LogP contribution in [0.5, 0.6) is 5.75 Å². The summed E-state index contributed by atoms with van der Waals surface area (Å²) in [6, 6.07) is 14.6. The van der Waals surface area contributed by atoms with Gasteiger partial charge in [-0.1, -0.05) is 24.3 Å². The first-order valence-corrected chi connectivity index (χ1v) is 9.89. The van der Waals surface area contributed by atoms with Crippen LogP contribution >= 0.6 is 0 Å². The van der Waals surface area contributed by atoms with E-state index in [0.717, 1.165) is 23.4 Å². The van der Waals surface area contributed by atoms with Gasteiger partial charge in [0.05, 0.1) is 13.2 Å². The van der Waals surface area contributed by atoms with E-state index in [1.807, 2.05) is 45.0 Å². The molecule has 0 aromatic heterocycles. The van der Waals surface area contributed by atoms with Crippen LogP contribution in [0.1, 0.15) is 60.6 Å². The Bertz CT molecular complexity index is 909. The van der Waals surface area contributed by atoms with Crippen LogP contribution < -0.4 is 15.4 Å². The fraction of sp³-hybridized carbons (Fsp3) is 0.375. The summed E-state index contributed by atoms with van der Waals surface area (Å²) in [7, 11) is 1.69. The van der Waals surface area contributed by atoms with Gasteiger partial charge in [0.1, 0.15) is 5.75 Å². The zero-order valence-corrected chi connectivity index (χ0v) is 17.0. The number of hydrogen-bond acceptors (Lipinski definition) is 3. The molecule has 0 spiro atoms. The zero-order valence-electron chi connectivity index (χ0n) is 17.0. The van der Waals surface area contributed by atoms with Crippen LogP contribution in [-0.2, 0) is 0 Å². The van der Waals surface area contributed by atoms with Crippen LogP contribution in [0, 0.1) is 5.92 Å². The lowest BCUT2D eigenvalue weighted by atomic mass is 9.76. The molecule has 1 aliphatic carbocycles. The van der Waals surface area contributed by atoms with Crippen LogP contribution in [0.4, 0.5) is 5.69 Å². The summed E-state index contributed by atoms with van der Waals surface area (Å²) in [5.41, 5.74) is 4.06. The van der Waals surface area contributed by atoms with E-state index in [-0.39, 0.29) is 17.5 Å². The van der Waals surface area contributed by atoms with E-state index in [0.29, 0.717) is 11.8 Å². The molecule has 0 fully saturated rings. The molecule has 28 heavy (non-hydrogen) atoms.